The maximum Gasteiger partial charge on any atom is 1.00 e. The minimum absolute atomic E-state index is 0. The summed E-state index contributed by atoms with van der Waals surface area (Å²) in [6.07, 6.45) is 2.42. The summed E-state index contributed by atoms with van der Waals surface area (Å²) in [4.78, 5) is 22.9. The van der Waals surface area contributed by atoms with Crippen molar-refractivity contribution in [3.63, 3.8) is 0 Å². The molecule has 2 aliphatic rings. The van der Waals surface area contributed by atoms with Gasteiger partial charge in [0.15, 0.2) is 0 Å². The number of ether oxygens (including phenoxy) is 2. The number of thioether (sulfide) groups is 1. The number of imide groups is 1. The minimum Gasteiger partial charge on any atom is -1.00 e. The number of amides is 2. The first-order valence-electron chi connectivity index (χ1n) is 9.01. The predicted octanol–water partition coefficient (Wildman–Crippen LogP) is 0.860. The van der Waals surface area contributed by atoms with Crippen LogP contribution in [0.1, 0.15) is 25.9 Å². The van der Waals surface area contributed by atoms with E-state index in [4.69, 9.17) is 9.47 Å². The summed E-state index contributed by atoms with van der Waals surface area (Å²) in [5.41, 5.74) is 1.89. The second-order valence-electron chi connectivity index (χ2n) is 7.18. The Morgan fingerprint density at radius 1 is 1.21 bits per heavy atom. The van der Waals surface area contributed by atoms with E-state index in [9.17, 15) is 9.59 Å². The average molecular weight is 407 g/mol. The molecule has 1 fully saturated rings. The molecule has 2 heterocycles. The van der Waals surface area contributed by atoms with E-state index in [1.807, 2.05) is 42.5 Å². The molecule has 0 spiro atoms. The number of nitrogens with one attached hydrogen (secondary N) is 1. The van der Waals surface area contributed by atoms with Crippen LogP contribution in [0.5, 0.6) is 11.5 Å². The molecule has 0 radical (unpaired) electrons. The molecule has 0 aromatic heterocycles. The quantitative estimate of drug-likeness (QED) is 0.745. The molecule has 2 aromatic carbocycles. The van der Waals surface area contributed by atoms with Crippen molar-refractivity contribution < 1.29 is 50.0 Å². The van der Waals surface area contributed by atoms with E-state index in [2.05, 4.69) is 18.3 Å². The second kappa shape index (κ2) is 8.91. The van der Waals surface area contributed by atoms with Crippen LogP contribution in [-0.4, -0.2) is 28.6 Å². The van der Waals surface area contributed by atoms with Crippen LogP contribution in [-0.2, 0) is 17.6 Å². The van der Waals surface area contributed by atoms with Gasteiger partial charge in [-0.2, -0.15) is 0 Å². The van der Waals surface area contributed by atoms with Crippen LogP contribution in [0, 0.1) is 0 Å². The Bertz CT molecular complexity index is 879. The van der Waals surface area contributed by atoms with Gasteiger partial charge in [0.2, 0.25) is 5.91 Å². The number of para-hydroxylation sites is 1. The first-order valence-corrected chi connectivity index (χ1v) is 9.89. The largest absolute Gasteiger partial charge is 1.00 e. The van der Waals surface area contributed by atoms with Crippen molar-refractivity contribution in [2.24, 2.45) is 0 Å². The molecule has 2 atom stereocenters. The SMILES string of the molecule is CC1(COc2ccc(CC3SC(=O)NC3=O)cc2)CCc2ccccc2O1.[H-].[Na+]. The molecule has 2 aromatic rings. The summed E-state index contributed by atoms with van der Waals surface area (Å²) in [6, 6.07) is 15.8. The van der Waals surface area contributed by atoms with Crippen molar-refractivity contribution >= 4 is 22.9 Å². The number of hydrogen-bond acceptors (Lipinski definition) is 5. The third-order valence-corrected chi connectivity index (χ3v) is 5.89. The van der Waals surface area contributed by atoms with Crippen molar-refractivity contribution in [3.8, 4) is 11.5 Å². The van der Waals surface area contributed by atoms with Gasteiger partial charge in [0, 0.05) is 0 Å². The summed E-state index contributed by atoms with van der Waals surface area (Å²) in [6.45, 7) is 2.54. The number of carbonyl (C=O) groups is 2. The third kappa shape index (κ3) is 4.92. The number of rotatable bonds is 5. The van der Waals surface area contributed by atoms with Gasteiger partial charge in [-0.15, -0.1) is 0 Å². The van der Waals surface area contributed by atoms with Crippen LogP contribution in [0.4, 0.5) is 4.79 Å². The van der Waals surface area contributed by atoms with E-state index in [0.29, 0.717) is 13.0 Å². The third-order valence-electron chi connectivity index (χ3n) is 4.91. The Morgan fingerprint density at radius 3 is 2.68 bits per heavy atom. The van der Waals surface area contributed by atoms with Crippen LogP contribution >= 0.6 is 11.8 Å². The monoisotopic (exact) mass is 407 g/mol. The van der Waals surface area contributed by atoms with Crippen LogP contribution in [0.2, 0.25) is 0 Å². The fraction of sp³-hybridized carbons (Fsp3) is 0.333. The molecule has 0 aliphatic carbocycles. The summed E-state index contributed by atoms with van der Waals surface area (Å²) < 4.78 is 12.1. The first kappa shape index (κ1) is 21.2. The zero-order valence-electron chi connectivity index (χ0n) is 17.1. The Morgan fingerprint density at radius 2 is 1.96 bits per heavy atom. The van der Waals surface area contributed by atoms with Crippen LogP contribution < -0.4 is 44.3 Å². The van der Waals surface area contributed by atoms with Crippen molar-refractivity contribution in [1.29, 1.82) is 0 Å². The molecular weight excluding hydrogens is 385 g/mol. The average Bonchev–Trinajstić information content (AvgIpc) is 2.98. The van der Waals surface area contributed by atoms with Crippen molar-refractivity contribution in [2.75, 3.05) is 6.61 Å². The minimum atomic E-state index is -0.355. The Hall–Kier alpha value is -1.47. The molecule has 142 valence electrons. The van der Waals surface area contributed by atoms with Gasteiger partial charge in [-0.05, 0) is 55.5 Å². The van der Waals surface area contributed by atoms with Gasteiger partial charge >= 0.3 is 29.6 Å². The van der Waals surface area contributed by atoms with E-state index in [-0.39, 0.29) is 53.0 Å². The second-order valence-corrected chi connectivity index (χ2v) is 8.36. The smallest absolute Gasteiger partial charge is 1.00 e. The van der Waals surface area contributed by atoms with Gasteiger partial charge in [-0.3, -0.25) is 14.9 Å². The molecule has 1 N–H and O–H groups in total. The number of carbonyl (C=O) groups excluding carboxylic acids is 2. The molecule has 0 saturated carbocycles. The molecule has 2 aliphatic heterocycles. The summed E-state index contributed by atoms with van der Waals surface area (Å²) in [5, 5.41) is 1.69. The van der Waals surface area contributed by atoms with E-state index in [1.165, 1.54) is 5.56 Å². The van der Waals surface area contributed by atoms with Crippen LogP contribution in [0.15, 0.2) is 48.5 Å². The van der Waals surface area contributed by atoms with Gasteiger partial charge in [-0.25, -0.2) is 0 Å². The standard InChI is InChI=1S/C21H21NO4S.Na.H/c1-21(11-10-15-4-2-3-5-17(15)26-21)13-25-16-8-6-14(7-9-16)12-18-19(23)22-20(24)27-18;;/h2-9,18H,10-13H2,1H3,(H,22,23,24);;/q;+1;-1. The van der Waals surface area contributed by atoms with Gasteiger partial charge in [0.05, 0.1) is 5.25 Å². The van der Waals surface area contributed by atoms with Gasteiger partial charge in [0.25, 0.3) is 5.24 Å². The van der Waals surface area contributed by atoms with E-state index in [1.54, 1.807) is 0 Å². The normalized spacial score (nSPS) is 23.2. The van der Waals surface area contributed by atoms with E-state index in [0.717, 1.165) is 41.7 Å². The molecule has 2 amide bonds. The number of aryl methyl sites for hydroxylation is 1. The van der Waals surface area contributed by atoms with Crippen LogP contribution in [0.25, 0.3) is 0 Å². The van der Waals surface area contributed by atoms with Crippen molar-refractivity contribution in [3.05, 3.63) is 59.7 Å². The first-order chi connectivity index (χ1) is 13.0. The Balaban J connectivity index is 0.00000150. The fourth-order valence-electron chi connectivity index (χ4n) is 3.33. The summed E-state index contributed by atoms with van der Waals surface area (Å²) >= 11 is 1.05. The molecular formula is C21H22NNaO4S. The summed E-state index contributed by atoms with van der Waals surface area (Å²) in [7, 11) is 0. The van der Waals surface area contributed by atoms with Gasteiger partial charge in [0.1, 0.15) is 23.7 Å². The molecule has 2 unspecified atom stereocenters. The van der Waals surface area contributed by atoms with E-state index < -0.39 is 0 Å². The van der Waals surface area contributed by atoms with Gasteiger partial charge < -0.3 is 10.9 Å². The summed E-state index contributed by atoms with van der Waals surface area (Å²) in [5.74, 6) is 1.49. The molecule has 1 saturated heterocycles. The van der Waals surface area contributed by atoms with Crippen molar-refractivity contribution in [2.45, 2.75) is 37.0 Å². The molecule has 28 heavy (non-hydrogen) atoms. The number of fused-ring (bicyclic) bond motifs is 1. The molecule has 4 rings (SSSR count). The number of hydrogen-bond donors (Lipinski definition) is 1. The Kier molecular flexibility index (Phi) is 6.76. The zero-order valence-corrected chi connectivity index (χ0v) is 18.9. The predicted molar refractivity (Wildman–Crippen MR) is 105 cm³/mol. The topological polar surface area (TPSA) is 64.6 Å². The van der Waals surface area contributed by atoms with Crippen molar-refractivity contribution in [1.82, 2.24) is 5.32 Å². The molecule has 5 nitrogen and oxygen atoms in total. The van der Waals surface area contributed by atoms with E-state index >= 15 is 0 Å². The molecule has 0 bridgehead atoms. The Labute approximate surface area is 192 Å². The van der Waals surface area contributed by atoms with Gasteiger partial charge in [-0.1, -0.05) is 42.1 Å². The molecule has 7 heteroatoms. The fourth-order valence-corrected chi connectivity index (χ4v) is 4.19. The number of benzene rings is 2. The zero-order chi connectivity index (χ0) is 18.9. The van der Waals surface area contributed by atoms with Crippen LogP contribution in [0.3, 0.4) is 0 Å². The maximum atomic E-state index is 11.7. The maximum absolute atomic E-state index is 11.7.